The van der Waals surface area contributed by atoms with Gasteiger partial charge in [-0.05, 0) is 45.2 Å². The Morgan fingerprint density at radius 2 is 1.67 bits per heavy atom. The predicted octanol–water partition coefficient (Wildman–Crippen LogP) is 3.70. The summed E-state index contributed by atoms with van der Waals surface area (Å²) in [7, 11) is 1.65. The van der Waals surface area contributed by atoms with Gasteiger partial charge in [0.15, 0.2) is 0 Å². The van der Waals surface area contributed by atoms with E-state index >= 15 is 0 Å². The van der Waals surface area contributed by atoms with Gasteiger partial charge in [0.25, 0.3) is 5.91 Å². The van der Waals surface area contributed by atoms with E-state index in [4.69, 9.17) is 4.74 Å². The first kappa shape index (κ1) is 18.3. The van der Waals surface area contributed by atoms with Crippen molar-refractivity contribution in [3.05, 3.63) is 42.0 Å². The number of nitrogens with zero attached hydrogens (tertiary/aromatic N) is 1. The van der Waals surface area contributed by atoms with Gasteiger partial charge in [0.05, 0.1) is 7.11 Å². The maximum Gasteiger partial charge on any atom is 0.251 e. The topological polar surface area (TPSA) is 41.6 Å². The highest BCUT2D eigenvalue weighted by Gasteiger charge is 2.15. The summed E-state index contributed by atoms with van der Waals surface area (Å²) in [5.74, 6) is 0.745. The van der Waals surface area contributed by atoms with E-state index in [-0.39, 0.29) is 5.91 Å². The third kappa shape index (κ3) is 4.06. The van der Waals surface area contributed by atoms with E-state index in [0.29, 0.717) is 24.2 Å². The number of ether oxygens (including phenoxy) is 1. The molecule has 0 aliphatic rings. The van der Waals surface area contributed by atoms with Crippen LogP contribution in [0.3, 0.4) is 0 Å². The summed E-state index contributed by atoms with van der Waals surface area (Å²) in [4.78, 5) is 15.0. The number of amides is 1. The molecule has 4 nitrogen and oxygen atoms in total. The fraction of sp³-hybridized carbons (Fsp3) is 0.450. The lowest BCUT2D eigenvalue weighted by Crippen LogP contribution is -2.42. The zero-order valence-corrected chi connectivity index (χ0v) is 15.3. The molecule has 0 bridgehead atoms. The summed E-state index contributed by atoms with van der Waals surface area (Å²) in [6, 6.07) is 12.4. The van der Waals surface area contributed by atoms with E-state index in [1.54, 1.807) is 7.11 Å². The third-order valence-corrected chi connectivity index (χ3v) is 4.33. The molecule has 0 unspecified atom stereocenters. The van der Waals surface area contributed by atoms with Gasteiger partial charge < -0.3 is 10.1 Å². The van der Waals surface area contributed by atoms with Crippen LogP contribution in [-0.4, -0.2) is 43.1 Å². The first-order chi connectivity index (χ1) is 11.5. The molecule has 2 aromatic carbocycles. The molecule has 130 valence electrons. The standard InChI is InChI=1S/C20H28N2O2/c1-14(2)22(15(3)4)13-12-21-20(23)18-10-11-19(24-5)17-9-7-6-8-16(17)18/h6-11,14-15H,12-13H2,1-5H3,(H,21,23). The number of nitrogens with one attached hydrogen (secondary N) is 1. The Hall–Kier alpha value is -2.07. The number of hydrogen-bond acceptors (Lipinski definition) is 3. The van der Waals surface area contributed by atoms with Crippen LogP contribution in [0.1, 0.15) is 38.1 Å². The molecule has 24 heavy (non-hydrogen) atoms. The largest absolute Gasteiger partial charge is 0.496 e. The monoisotopic (exact) mass is 328 g/mol. The van der Waals surface area contributed by atoms with Gasteiger partial charge in [0, 0.05) is 36.1 Å². The second-order valence-corrected chi connectivity index (χ2v) is 6.54. The van der Waals surface area contributed by atoms with Crippen LogP contribution in [0.5, 0.6) is 5.75 Å². The fourth-order valence-corrected chi connectivity index (χ4v) is 3.15. The molecule has 0 spiro atoms. The smallest absolute Gasteiger partial charge is 0.251 e. The van der Waals surface area contributed by atoms with E-state index in [9.17, 15) is 4.79 Å². The van der Waals surface area contributed by atoms with Gasteiger partial charge in [-0.25, -0.2) is 0 Å². The van der Waals surface area contributed by atoms with Crippen LogP contribution in [0.4, 0.5) is 0 Å². The Labute approximate surface area is 144 Å². The van der Waals surface area contributed by atoms with Crippen LogP contribution in [0, 0.1) is 0 Å². The number of methoxy groups -OCH3 is 1. The van der Waals surface area contributed by atoms with E-state index in [2.05, 4.69) is 37.9 Å². The summed E-state index contributed by atoms with van der Waals surface area (Å²) < 4.78 is 5.39. The van der Waals surface area contributed by atoms with Crippen molar-refractivity contribution in [1.29, 1.82) is 0 Å². The second-order valence-electron chi connectivity index (χ2n) is 6.54. The molecular weight excluding hydrogens is 300 g/mol. The minimum atomic E-state index is -0.0404. The summed E-state index contributed by atoms with van der Waals surface area (Å²) in [5.41, 5.74) is 0.687. The Morgan fingerprint density at radius 3 is 2.25 bits per heavy atom. The van der Waals surface area contributed by atoms with Crippen molar-refractivity contribution in [3.8, 4) is 5.75 Å². The number of carbonyl (C=O) groups is 1. The van der Waals surface area contributed by atoms with Crippen molar-refractivity contribution in [1.82, 2.24) is 10.2 Å². The molecule has 2 rings (SSSR count). The average Bonchev–Trinajstić information content (AvgIpc) is 2.56. The Morgan fingerprint density at radius 1 is 1.04 bits per heavy atom. The summed E-state index contributed by atoms with van der Waals surface area (Å²) in [6.45, 7) is 10.2. The van der Waals surface area contributed by atoms with Crippen molar-refractivity contribution in [2.24, 2.45) is 0 Å². The van der Waals surface area contributed by atoms with Crippen LogP contribution < -0.4 is 10.1 Å². The molecule has 0 aromatic heterocycles. The summed E-state index contributed by atoms with van der Waals surface area (Å²) in [6.07, 6.45) is 0. The minimum absolute atomic E-state index is 0.0404. The molecule has 0 fully saturated rings. The van der Waals surface area contributed by atoms with E-state index in [1.165, 1.54) is 0 Å². The number of carbonyl (C=O) groups excluding carboxylic acids is 1. The molecule has 2 aromatic rings. The number of rotatable bonds is 7. The quantitative estimate of drug-likeness (QED) is 0.843. The Balaban J connectivity index is 2.12. The molecule has 4 heteroatoms. The number of benzene rings is 2. The van der Waals surface area contributed by atoms with Gasteiger partial charge in [-0.1, -0.05) is 24.3 Å². The minimum Gasteiger partial charge on any atom is -0.496 e. The van der Waals surface area contributed by atoms with E-state index < -0.39 is 0 Å². The second kappa shape index (κ2) is 8.15. The van der Waals surface area contributed by atoms with Gasteiger partial charge in [-0.2, -0.15) is 0 Å². The zero-order valence-electron chi connectivity index (χ0n) is 15.3. The predicted molar refractivity (Wildman–Crippen MR) is 99.8 cm³/mol. The van der Waals surface area contributed by atoms with Gasteiger partial charge in [0.2, 0.25) is 0 Å². The normalized spacial score (nSPS) is 11.5. The maximum absolute atomic E-state index is 12.6. The third-order valence-electron chi connectivity index (χ3n) is 4.33. The fourth-order valence-electron chi connectivity index (χ4n) is 3.15. The van der Waals surface area contributed by atoms with Crippen molar-refractivity contribution < 1.29 is 9.53 Å². The van der Waals surface area contributed by atoms with Crippen LogP contribution in [0.2, 0.25) is 0 Å². The molecule has 0 saturated carbocycles. The Bertz CT molecular complexity index is 687. The van der Waals surface area contributed by atoms with Crippen molar-refractivity contribution >= 4 is 16.7 Å². The maximum atomic E-state index is 12.6. The summed E-state index contributed by atoms with van der Waals surface area (Å²) in [5, 5.41) is 4.92. The van der Waals surface area contributed by atoms with Crippen LogP contribution >= 0.6 is 0 Å². The average molecular weight is 328 g/mol. The van der Waals surface area contributed by atoms with Gasteiger partial charge in [-0.3, -0.25) is 9.69 Å². The molecule has 0 aliphatic heterocycles. The highest BCUT2D eigenvalue weighted by Crippen LogP contribution is 2.28. The summed E-state index contributed by atoms with van der Waals surface area (Å²) >= 11 is 0. The first-order valence-electron chi connectivity index (χ1n) is 8.55. The van der Waals surface area contributed by atoms with E-state index in [0.717, 1.165) is 23.1 Å². The lowest BCUT2D eigenvalue weighted by molar-refractivity contribution is 0.0941. The number of hydrogen-bond donors (Lipinski definition) is 1. The molecule has 1 amide bonds. The van der Waals surface area contributed by atoms with E-state index in [1.807, 2.05) is 36.4 Å². The van der Waals surface area contributed by atoms with Crippen LogP contribution in [0.25, 0.3) is 10.8 Å². The lowest BCUT2D eigenvalue weighted by atomic mass is 10.0. The van der Waals surface area contributed by atoms with Crippen molar-refractivity contribution in [2.75, 3.05) is 20.2 Å². The lowest BCUT2D eigenvalue weighted by Gasteiger charge is -2.30. The zero-order chi connectivity index (χ0) is 17.7. The molecule has 0 saturated heterocycles. The first-order valence-corrected chi connectivity index (χ1v) is 8.55. The van der Waals surface area contributed by atoms with Crippen molar-refractivity contribution in [2.45, 2.75) is 39.8 Å². The number of fused-ring (bicyclic) bond motifs is 1. The van der Waals surface area contributed by atoms with Gasteiger partial charge in [-0.15, -0.1) is 0 Å². The molecule has 1 N–H and O–H groups in total. The van der Waals surface area contributed by atoms with Gasteiger partial charge in [0.1, 0.15) is 5.75 Å². The van der Waals surface area contributed by atoms with Crippen LogP contribution in [0.15, 0.2) is 36.4 Å². The van der Waals surface area contributed by atoms with Gasteiger partial charge >= 0.3 is 0 Å². The highest BCUT2D eigenvalue weighted by molar-refractivity contribution is 6.08. The molecule has 0 radical (unpaired) electrons. The SMILES string of the molecule is COc1ccc(C(=O)NCCN(C(C)C)C(C)C)c2ccccc12. The molecular formula is C20H28N2O2. The molecule has 0 aliphatic carbocycles. The van der Waals surface area contributed by atoms with Crippen molar-refractivity contribution in [3.63, 3.8) is 0 Å². The highest BCUT2D eigenvalue weighted by atomic mass is 16.5. The molecule has 0 atom stereocenters. The molecule has 0 heterocycles. The Kier molecular flexibility index (Phi) is 6.21. The van der Waals surface area contributed by atoms with Crippen LogP contribution in [-0.2, 0) is 0 Å².